The van der Waals surface area contributed by atoms with Gasteiger partial charge in [0.25, 0.3) is 6.43 Å². The summed E-state index contributed by atoms with van der Waals surface area (Å²) in [6.07, 6.45) is -0.810. The van der Waals surface area contributed by atoms with Gasteiger partial charge in [0.05, 0.1) is 0 Å². The Balaban J connectivity index is 2.47. The van der Waals surface area contributed by atoms with Gasteiger partial charge in [-0.3, -0.25) is 0 Å². The van der Waals surface area contributed by atoms with Gasteiger partial charge in [-0.1, -0.05) is 0 Å². The highest BCUT2D eigenvalue weighted by Crippen LogP contribution is 2.51. The van der Waals surface area contributed by atoms with E-state index in [0.717, 1.165) is 12.8 Å². The van der Waals surface area contributed by atoms with Crippen LogP contribution in [0.5, 0.6) is 0 Å². The molecule has 1 atom stereocenters. The van der Waals surface area contributed by atoms with E-state index in [1.165, 1.54) is 11.8 Å². The fourth-order valence-electron chi connectivity index (χ4n) is 0.973. The van der Waals surface area contributed by atoms with Crippen LogP contribution < -0.4 is 0 Å². The van der Waals surface area contributed by atoms with Crippen LogP contribution in [0, 0.1) is 0 Å². The van der Waals surface area contributed by atoms with Crippen LogP contribution in [0.15, 0.2) is 0 Å². The van der Waals surface area contributed by atoms with Crippen molar-refractivity contribution in [1.29, 1.82) is 0 Å². The molecule has 1 aliphatic rings. The second-order valence-electron chi connectivity index (χ2n) is 2.55. The molecule has 10 heavy (non-hydrogen) atoms. The van der Waals surface area contributed by atoms with Crippen LogP contribution >= 0.6 is 11.8 Å². The first-order valence-corrected chi connectivity index (χ1v) is 4.36. The number of alkyl halides is 2. The Bertz CT molecular complexity index is 125. The molecule has 1 nitrogen and oxygen atoms in total. The lowest BCUT2D eigenvalue weighted by Crippen LogP contribution is -2.31. The van der Waals surface area contributed by atoms with Crippen molar-refractivity contribution in [3.8, 4) is 0 Å². The number of rotatable bonds is 3. The largest absolute Gasteiger partial charge is 0.386 e. The Kier molecular flexibility index (Phi) is 2.20. The van der Waals surface area contributed by atoms with Crippen LogP contribution in [-0.4, -0.2) is 28.6 Å². The molecule has 1 rings (SSSR count). The zero-order valence-electron chi connectivity index (χ0n) is 5.68. The number of aliphatic hydroxyl groups excluding tert-OH is 1. The smallest absolute Gasteiger partial charge is 0.265 e. The first-order chi connectivity index (χ1) is 4.62. The van der Waals surface area contributed by atoms with Gasteiger partial charge in [0, 0.05) is 4.75 Å². The fraction of sp³-hybridized carbons (Fsp3) is 1.00. The van der Waals surface area contributed by atoms with Crippen LogP contribution in [0.1, 0.15) is 12.8 Å². The quantitative estimate of drug-likeness (QED) is 0.689. The standard InChI is InChI=1S/C6H10F2OS/c1-10-6(2-3-6)4(9)5(7)8/h4-5,9H,2-3H2,1H3. The lowest BCUT2D eigenvalue weighted by molar-refractivity contribution is -0.00929. The summed E-state index contributed by atoms with van der Waals surface area (Å²) in [6.45, 7) is 0. The van der Waals surface area contributed by atoms with E-state index >= 15 is 0 Å². The summed E-state index contributed by atoms with van der Waals surface area (Å²) in [7, 11) is 0. The minimum absolute atomic E-state index is 0.506. The maximum absolute atomic E-state index is 11.9. The molecule has 1 unspecified atom stereocenters. The van der Waals surface area contributed by atoms with E-state index in [2.05, 4.69) is 0 Å². The fourth-order valence-corrected chi connectivity index (χ4v) is 1.83. The van der Waals surface area contributed by atoms with Crippen molar-refractivity contribution in [1.82, 2.24) is 0 Å². The first-order valence-electron chi connectivity index (χ1n) is 3.14. The van der Waals surface area contributed by atoms with E-state index in [-0.39, 0.29) is 0 Å². The maximum atomic E-state index is 11.9. The van der Waals surface area contributed by atoms with E-state index in [0.29, 0.717) is 0 Å². The SMILES string of the molecule is CSC1(C(O)C(F)F)CC1. The molecule has 0 radical (unpaired) electrons. The van der Waals surface area contributed by atoms with Crippen LogP contribution in [0.25, 0.3) is 0 Å². The summed E-state index contributed by atoms with van der Waals surface area (Å²) in [5.41, 5.74) is 0. The lowest BCUT2D eigenvalue weighted by atomic mass is 10.2. The van der Waals surface area contributed by atoms with E-state index in [9.17, 15) is 8.78 Å². The average Bonchev–Trinajstić information content (AvgIpc) is 2.66. The number of aliphatic hydroxyl groups is 1. The maximum Gasteiger partial charge on any atom is 0.265 e. The summed E-state index contributed by atoms with van der Waals surface area (Å²) in [5.74, 6) is 0. The van der Waals surface area contributed by atoms with Gasteiger partial charge in [0.1, 0.15) is 6.10 Å². The van der Waals surface area contributed by atoms with Crippen molar-refractivity contribution < 1.29 is 13.9 Å². The van der Waals surface area contributed by atoms with Gasteiger partial charge in [-0.25, -0.2) is 8.78 Å². The van der Waals surface area contributed by atoms with Crippen molar-refractivity contribution >= 4 is 11.8 Å². The van der Waals surface area contributed by atoms with Crippen molar-refractivity contribution in [2.24, 2.45) is 0 Å². The number of halogens is 2. The topological polar surface area (TPSA) is 20.2 Å². The van der Waals surface area contributed by atoms with Crippen molar-refractivity contribution in [3.63, 3.8) is 0 Å². The molecule has 0 aliphatic heterocycles. The Morgan fingerprint density at radius 3 is 2.10 bits per heavy atom. The number of thioether (sulfide) groups is 1. The lowest BCUT2D eigenvalue weighted by Gasteiger charge is -2.18. The van der Waals surface area contributed by atoms with Crippen molar-refractivity contribution in [2.45, 2.75) is 30.1 Å². The van der Waals surface area contributed by atoms with Gasteiger partial charge < -0.3 is 5.11 Å². The molecule has 0 aromatic heterocycles. The van der Waals surface area contributed by atoms with Gasteiger partial charge in [-0.15, -0.1) is 0 Å². The molecular weight excluding hydrogens is 158 g/mol. The van der Waals surface area contributed by atoms with Gasteiger partial charge in [0.2, 0.25) is 0 Å². The summed E-state index contributed by atoms with van der Waals surface area (Å²) in [4.78, 5) is 0. The predicted octanol–water partition coefficient (Wildman–Crippen LogP) is 1.51. The molecule has 4 heteroatoms. The zero-order valence-corrected chi connectivity index (χ0v) is 6.50. The van der Waals surface area contributed by atoms with E-state index in [4.69, 9.17) is 5.11 Å². The summed E-state index contributed by atoms with van der Waals surface area (Å²) >= 11 is 1.34. The predicted molar refractivity (Wildman–Crippen MR) is 37.5 cm³/mol. The summed E-state index contributed by atoms with van der Waals surface area (Å²) in [5, 5.41) is 8.95. The zero-order chi connectivity index (χ0) is 7.78. The highest BCUT2D eigenvalue weighted by Gasteiger charge is 2.51. The highest BCUT2D eigenvalue weighted by molar-refractivity contribution is 8.00. The Labute approximate surface area is 62.8 Å². The van der Waals surface area contributed by atoms with E-state index in [1.54, 1.807) is 6.26 Å². The third-order valence-electron chi connectivity index (χ3n) is 1.93. The molecule has 1 N–H and O–H groups in total. The molecule has 60 valence electrons. The van der Waals surface area contributed by atoms with E-state index < -0.39 is 17.3 Å². The molecule has 0 aromatic rings. The Morgan fingerprint density at radius 2 is 2.00 bits per heavy atom. The van der Waals surface area contributed by atoms with Crippen LogP contribution in [0.4, 0.5) is 8.78 Å². The highest BCUT2D eigenvalue weighted by atomic mass is 32.2. The summed E-state index contributed by atoms with van der Waals surface area (Å²) < 4.78 is 23.3. The number of hydrogen-bond acceptors (Lipinski definition) is 2. The van der Waals surface area contributed by atoms with Crippen molar-refractivity contribution in [3.05, 3.63) is 0 Å². The second kappa shape index (κ2) is 2.66. The molecule has 0 heterocycles. The monoisotopic (exact) mass is 168 g/mol. The molecule has 0 amide bonds. The average molecular weight is 168 g/mol. The van der Waals surface area contributed by atoms with Crippen molar-refractivity contribution in [2.75, 3.05) is 6.26 Å². The van der Waals surface area contributed by atoms with Gasteiger partial charge >= 0.3 is 0 Å². The molecule has 1 saturated carbocycles. The number of hydrogen-bond donors (Lipinski definition) is 1. The Morgan fingerprint density at radius 1 is 1.50 bits per heavy atom. The third kappa shape index (κ3) is 1.27. The third-order valence-corrected chi connectivity index (χ3v) is 3.39. The minimum atomic E-state index is -2.59. The summed E-state index contributed by atoms with van der Waals surface area (Å²) in [6, 6.07) is 0. The molecule has 1 fully saturated rings. The Hall–Kier alpha value is 0.170. The van der Waals surface area contributed by atoms with Gasteiger partial charge in [-0.2, -0.15) is 11.8 Å². The van der Waals surface area contributed by atoms with Crippen LogP contribution in [-0.2, 0) is 0 Å². The van der Waals surface area contributed by atoms with Gasteiger partial charge in [-0.05, 0) is 19.1 Å². The second-order valence-corrected chi connectivity index (χ2v) is 3.77. The van der Waals surface area contributed by atoms with E-state index in [1.807, 2.05) is 0 Å². The minimum Gasteiger partial charge on any atom is -0.386 e. The normalized spacial score (nSPS) is 24.9. The molecule has 0 aromatic carbocycles. The van der Waals surface area contributed by atoms with Crippen LogP contribution in [0.3, 0.4) is 0 Å². The molecule has 0 saturated heterocycles. The van der Waals surface area contributed by atoms with Gasteiger partial charge in [0.15, 0.2) is 0 Å². The molecule has 0 bridgehead atoms. The molecule has 0 spiro atoms. The van der Waals surface area contributed by atoms with Crippen LogP contribution in [0.2, 0.25) is 0 Å². The first kappa shape index (κ1) is 8.27. The molecular formula is C6H10F2OS. The molecule has 1 aliphatic carbocycles.